The normalized spacial score (nSPS) is 13.4. The van der Waals surface area contributed by atoms with Crippen LogP contribution in [0.4, 0.5) is 17.1 Å². The molecule has 7 heteroatoms. The Labute approximate surface area is 272 Å². The molecule has 0 saturated heterocycles. The number of rotatable bonds is 4. The molecule has 0 radical (unpaired) electrons. The maximum absolute atomic E-state index is 6.48. The highest BCUT2D eigenvalue weighted by Crippen LogP contribution is 2.45. The quantitative estimate of drug-likeness (QED) is 0.196. The summed E-state index contributed by atoms with van der Waals surface area (Å²) in [5.74, 6) is 2.13. The number of ether oxygens (including phenoxy) is 1. The largest absolute Gasteiger partial charge is 0.456 e. The number of pyridine rings is 2. The lowest BCUT2D eigenvalue weighted by molar-refractivity contribution is 0.463. The molecule has 0 fully saturated rings. The second-order valence-electron chi connectivity index (χ2n) is 13.3. The number of hydrogen-bond donors (Lipinski definition) is 0. The highest BCUT2D eigenvalue weighted by atomic mass is 16.5. The molecule has 1 aliphatic heterocycles. The van der Waals surface area contributed by atoms with Gasteiger partial charge >= 0.3 is 0 Å². The van der Waals surface area contributed by atoms with Gasteiger partial charge < -0.3 is 19.0 Å². The smallest absolute Gasteiger partial charge is 0.221 e. The molecule has 0 unspecified atom stereocenters. The monoisotopic (exact) mass is 615 g/mol. The van der Waals surface area contributed by atoms with E-state index in [1.54, 1.807) is 0 Å². The van der Waals surface area contributed by atoms with E-state index >= 15 is 0 Å². The lowest BCUT2D eigenvalue weighted by Gasteiger charge is -2.20. The lowest BCUT2D eigenvalue weighted by atomic mass is 9.88. The zero-order valence-corrected chi connectivity index (χ0v) is 26.7. The Morgan fingerprint density at radius 1 is 0.681 bits per heavy atom. The van der Waals surface area contributed by atoms with Gasteiger partial charge in [0.15, 0.2) is 0 Å². The average molecular weight is 616 g/mol. The molecule has 1 aliphatic rings. The first-order valence-corrected chi connectivity index (χ1v) is 15.9. The first-order valence-electron chi connectivity index (χ1n) is 15.9. The average Bonchev–Trinajstić information content (AvgIpc) is 3.72. The van der Waals surface area contributed by atoms with Crippen LogP contribution in [0.5, 0.6) is 11.6 Å². The zero-order chi connectivity index (χ0) is 31.9. The number of hydrogen-bond acceptors (Lipinski definition) is 6. The molecule has 0 aliphatic carbocycles. The summed E-state index contributed by atoms with van der Waals surface area (Å²) in [5.41, 5.74) is 8.42. The summed E-state index contributed by atoms with van der Waals surface area (Å²) in [6, 6.07) is 35.6. The van der Waals surface area contributed by atoms with Crippen LogP contribution in [0.25, 0.3) is 49.6 Å². The van der Waals surface area contributed by atoms with Crippen LogP contribution >= 0.6 is 0 Å². The highest BCUT2D eigenvalue weighted by Gasteiger charge is 2.27. The fourth-order valence-electron chi connectivity index (χ4n) is 6.87. The molecule has 8 aromatic rings. The minimum Gasteiger partial charge on any atom is -0.456 e. The van der Waals surface area contributed by atoms with Gasteiger partial charge in [-0.1, -0.05) is 57.2 Å². The zero-order valence-electron chi connectivity index (χ0n) is 26.7. The third-order valence-corrected chi connectivity index (χ3v) is 9.27. The predicted octanol–water partition coefficient (Wildman–Crippen LogP) is 10.1. The van der Waals surface area contributed by atoms with Crippen molar-refractivity contribution >= 4 is 60.8 Å². The molecule has 0 saturated carbocycles. The SMILES string of the molecule is CN1CN(c2ccnc(Oc3ccc4c5ccccc5n(-c5cc(C(C)(C)C)ccn5)c4c3)c2)c2cc3c(cc21)oc1ccccc13. The first kappa shape index (κ1) is 27.5. The van der Waals surface area contributed by atoms with Crippen LogP contribution in [0.1, 0.15) is 26.3 Å². The minimum atomic E-state index is 0.00435. The molecular weight excluding hydrogens is 582 g/mol. The van der Waals surface area contributed by atoms with E-state index in [4.69, 9.17) is 14.1 Å². The molecule has 5 heterocycles. The standard InChI is InChI=1S/C40H33N5O2/c1-40(2,3)25-15-17-41-38(19-25)45-32-11-7-5-9-28(32)29-14-13-27(21-33(29)45)46-39-20-26(16-18-42-39)44-24-43(4)34-23-37-31(22-35(34)44)30-10-6-8-12-36(30)47-37/h5-23H,24H2,1-4H3. The van der Waals surface area contributed by atoms with Crippen molar-refractivity contribution in [3.05, 3.63) is 121 Å². The van der Waals surface area contributed by atoms with Gasteiger partial charge in [-0.2, -0.15) is 0 Å². The molecular formula is C40H33N5O2. The lowest BCUT2D eigenvalue weighted by Crippen LogP contribution is -2.23. The van der Waals surface area contributed by atoms with Crippen molar-refractivity contribution in [1.29, 1.82) is 0 Å². The molecule has 9 rings (SSSR count). The molecule has 0 spiro atoms. The number of aromatic nitrogens is 3. The van der Waals surface area contributed by atoms with Crippen molar-refractivity contribution in [2.75, 3.05) is 23.5 Å². The third-order valence-electron chi connectivity index (χ3n) is 9.27. The van der Waals surface area contributed by atoms with Crippen molar-refractivity contribution in [2.24, 2.45) is 0 Å². The van der Waals surface area contributed by atoms with E-state index in [-0.39, 0.29) is 5.41 Å². The Hall–Kier alpha value is -5.82. The van der Waals surface area contributed by atoms with E-state index in [1.165, 1.54) is 10.9 Å². The topological polar surface area (TPSA) is 59.6 Å². The van der Waals surface area contributed by atoms with Gasteiger partial charge in [0, 0.05) is 64.9 Å². The van der Waals surface area contributed by atoms with E-state index in [2.05, 4.69) is 120 Å². The second-order valence-corrected chi connectivity index (χ2v) is 13.3. The number of benzene rings is 4. The molecule has 4 aromatic heterocycles. The Morgan fingerprint density at radius 2 is 1.47 bits per heavy atom. The van der Waals surface area contributed by atoms with Crippen LogP contribution in [0.2, 0.25) is 0 Å². The van der Waals surface area contributed by atoms with Crippen molar-refractivity contribution in [2.45, 2.75) is 26.2 Å². The molecule has 0 amide bonds. The van der Waals surface area contributed by atoms with Crippen LogP contribution < -0.4 is 14.5 Å². The van der Waals surface area contributed by atoms with Crippen LogP contribution in [-0.4, -0.2) is 28.3 Å². The number of para-hydroxylation sites is 2. The van der Waals surface area contributed by atoms with E-state index < -0.39 is 0 Å². The molecule has 0 atom stereocenters. The van der Waals surface area contributed by atoms with Gasteiger partial charge in [0.1, 0.15) is 22.7 Å². The van der Waals surface area contributed by atoms with Crippen LogP contribution in [-0.2, 0) is 5.41 Å². The van der Waals surface area contributed by atoms with E-state index in [0.717, 1.165) is 61.2 Å². The summed E-state index contributed by atoms with van der Waals surface area (Å²) in [7, 11) is 2.10. The molecule has 0 N–H and O–H groups in total. The number of anilines is 3. The maximum atomic E-state index is 6.48. The molecule has 0 bridgehead atoms. The number of furan rings is 1. The van der Waals surface area contributed by atoms with E-state index in [9.17, 15) is 0 Å². The maximum Gasteiger partial charge on any atom is 0.221 e. The second kappa shape index (κ2) is 10.1. The van der Waals surface area contributed by atoms with Gasteiger partial charge in [-0.05, 0) is 59.5 Å². The predicted molar refractivity (Wildman–Crippen MR) is 191 cm³/mol. The summed E-state index contributed by atoms with van der Waals surface area (Å²) in [5, 5.41) is 4.55. The van der Waals surface area contributed by atoms with Crippen LogP contribution in [0.3, 0.4) is 0 Å². The Bertz CT molecular complexity index is 2500. The summed E-state index contributed by atoms with van der Waals surface area (Å²) in [6.45, 7) is 7.38. The Kier molecular flexibility index (Phi) is 5.90. The van der Waals surface area contributed by atoms with Crippen molar-refractivity contribution in [1.82, 2.24) is 14.5 Å². The van der Waals surface area contributed by atoms with Gasteiger partial charge in [-0.15, -0.1) is 0 Å². The van der Waals surface area contributed by atoms with Gasteiger partial charge in [0.2, 0.25) is 5.88 Å². The van der Waals surface area contributed by atoms with Crippen LogP contribution in [0, 0.1) is 0 Å². The Balaban J connectivity index is 1.10. The molecule has 230 valence electrons. The minimum absolute atomic E-state index is 0.00435. The van der Waals surface area contributed by atoms with Crippen LogP contribution in [0.15, 0.2) is 120 Å². The fraction of sp³-hybridized carbons (Fsp3) is 0.150. The van der Waals surface area contributed by atoms with Gasteiger partial charge in [0.05, 0.1) is 29.1 Å². The summed E-state index contributed by atoms with van der Waals surface area (Å²) in [6.07, 6.45) is 3.71. The van der Waals surface area contributed by atoms with Crippen molar-refractivity contribution < 1.29 is 9.15 Å². The van der Waals surface area contributed by atoms with Crippen molar-refractivity contribution in [3.8, 4) is 17.4 Å². The Morgan fingerprint density at radius 3 is 2.34 bits per heavy atom. The highest BCUT2D eigenvalue weighted by molar-refractivity contribution is 6.10. The summed E-state index contributed by atoms with van der Waals surface area (Å²) < 4.78 is 14.9. The van der Waals surface area contributed by atoms with Gasteiger partial charge in [0.25, 0.3) is 0 Å². The van der Waals surface area contributed by atoms with Gasteiger partial charge in [-0.25, -0.2) is 9.97 Å². The summed E-state index contributed by atoms with van der Waals surface area (Å²) in [4.78, 5) is 14.0. The fourth-order valence-corrected chi connectivity index (χ4v) is 6.87. The van der Waals surface area contributed by atoms with Crippen molar-refractivity contribution in [3.63, 3.8) is 0 Å². The van der Waals surface area contributed by atoms with E-state index in [0.29, 0.717) is 18.3 Å². The summed E-state index contributed by atoms with van der Waals surface area (Å²) >= 11 is 0. The first-order chi connectivity index (χ1) is 22.8. The molecule has 4 aromatic carbocycles. The van der Waals surface area contributed by atoms with E-state index in [1.807, 2.05) is 42.7 Å². The number of nitrogens with zero attached hydrogens (tertiary/aromatic N) is 5. The third kappa shape index (κ3) is 4.41. The van der Waals surface area contributed by atoms with Gasteiger partial charge in [-0.3, -0.25) is 4.57 Å². The molecule has 47 heavy (non-hydrogen) atoms. The number of fused-ring (bicyclic) bond motifs is 7. The molecule has 7 nitrogen and oxygen atoms in total.